The molecule has 0 unspecified atom stereocenters. The Morgan fingerprint density at radius 3 is 1.92 bits per heavy atom. The predicted molar refractivity (Wildman–Crippen MR) is 143 cm³/mol. The van der Waals surface area contributed by atoms with Crippen LogP contribution in [0.1, 0.15) is 82.6 Å². The van der Waals surface area contributed by atoms with Crippen LogP contribution >= 0.6 is 0 Å². The summed E-state index contributed by atoms with van der Waals surface area (Å²) in [6.45, 7) is 22.2. The number of fused-ring (bicyclic) bond motifs is 1. The summed E-state index contributed by atoms with van der Waals surface area (Å²) in [6.07, 6.45) is -1.76. The normalized spacial score (nSPS) is 26.3. The molecule has 0 aromatic carbocycles. The zero-order valence-electron chi connectivity index (χ0n) is 24.3. The molecular weight excluding hydrogens is 496 g/mol. The van der Waals surface area contributed by atoms with Crippen molar-refractivity contribution in [3.05, 3.63) is 0 Å². The average Bonchev–Trinajstić information content (AvgIpc) is 2.96. The third-order valence-corrected chi connectivity index (χ3v) is 17.5. The van der Waals surface area contributed by atoms with Crippen molar-refractivity contribution in [3.63, 3.8) is 0 Å². The Morgan fingerprint density at radius 2 is 1.50 bits per heavy atom. The maximum atomic E-state index is 13.9. The molecule has 11 heteroatoms. The van der Waals surface area contributed by atoms with Crippen LogP contribution in [0.25, 0.3) is 0 Å². The average molecular weight is 545 g/mol. The lowest BCUT2D eigenvalue weighted by molar-refractivity contribution is -0.130. The van der Waals surface area contributed by atoms with Crippen molar-refractivity contribution in [1.82, 2.24) is 10.2 Å². The Kier molecular flexibility index (Phi) is 9.65. The molecule has 36 heavy (non-hydrogen) atoms. The molecule has 2 aliphatic rings. The van der Waals surface area contributed by atoms with Crippen LogP contribution in [-0.2, 0) is 27.3 Å². The molecule has 0 aromatic heterocycles. The molecule has 2 amide bonds. The van der Waals surface area contributed by atoms with Crippen LogP contribution in [0.3, 0.4) is 0 Å². The Balaban J connectivity index is 2.71. The van der Waals surface area contributed by atoms with Gasteiger partial charge < -0.3 is 23.0 Å². The number of nitrogens with zero attached hydrogens (tertiary/aromatic N) is 1. The molecule has 2 rings (SSSR count). The van der Waals surface area contributed by atoms with Gasteiger partial charge >= 0.3 is 23.2 Å². The van der Waals surface area contributed by atoms with Crippen molar-refractivity contribution in [2.45, 2.75) is 129 Å². The first kappa shape index (κ1) is 30.9. The molecule has 0 bridgehead atoms. The van der Waals surface area contributed by atoms with Crippen LogP contribution in [0.5, 0.6) is 0 Å². The minimum Gasteiger partial charge on any atom is -0.444 e. The van der Waals surface area contributed by atoms with Gasteiger partial charge in [-0.2, -0.15) is 0 Å². The molecule has 2 aliphatic heterocycles. The summed E-state index contributed by atoms with van der Waals surface area (Å²) < 4.78 is 26.5. The van der Waals surface area contributed by atoms with Gasteiger partial charge in [-0.25, -0.2) is 4.79 Å². The molecule has 208 valence electrons. The number of hydrogen-bond donors (Lipinski definition) is 1. The molecule has 0 aromatic rings. The van der Waals surface area contributed by atoms with Gasteiger partial charge in [-0.15, -0.1) is 0 Å². The Hall–Kier alpha value is -1.28. The van der Waals surface area contributed by atoms with E-state index >= 15 is 0 Å². The van der Waals surface area contributed by atoms with Gasteiger partial charge in [-0.3, -0.25) is 14.5 Å². The van der Waals surface area contributed by atoms with Gasteiger partial charge in [0.15, 0.2) is 5.78 Å². The highest BCUT2D eigenvalue weighted by molar-refractivity contribution is 6.84. The Bertz CT molecular complexity index is 810. The van der Waals surface area contributed by atoms with Gasteiger partial charge in [0.25, 0.3) is 0 Å². The SMILES string of the molecule is CNC(=O)C[C@@H]1C(=O)[C@@H]2O[Si](C(C)C)(C(C)C)O[Si](C(C)C)(C(C)C)OC[C@H]2N1C(=O)OC(C)(C)C. The third-order valence-electron chi connectivity index (χ3n) is 7.24. The monoisotopic (exact) mass is 544 g/mol. The largest absolute Gasteiger partial charge is 0.444 e. The first-order valence-electron chi connectivity index (χ1n) is 13.2. The fraction of sp³-hybridized carbons (Fsp3) is 0.880. The first-order chi connectivity index (χ1) is 16.4. The minimum absolute atomic E-state index is 0.0324. The van der Waals surface area contributed by atoms with Gasteiger partial charge in [0, 0.05) is 7.05 Å². The summed E-state index contributed by atoms with van der Waals surface area (Å²) >= 11 is 0. The Labute approximate surface area is 219 Å². The highest BCUT2D eigenvalue weighted by Crippen LogP contribution is 2.47. The van der Waals surface area contributed by atoms with E-state index < -0.39 is 47.0 Å². The number of Topliss-reactive ketones (excluding diaryl/α,β-unsaturated/α-hetero) is 1. The number of ketones is 1. The summed E-state index contributed by atoms with van der Waals surface area (Å²) in [6, 6.07) is -1.71. The van der Waals surface area contributed by atoms with E-state index in [9.17, 15) is 14.4 Å². The van der Waals surface area contributed by atoms with Crippen molar-refractivity contribution in [2.75, 3.05) is 13.7 Å². The van der Waals surface area contributed by atoms with E-state index in [2.05, 4.69) is 60.7 Å². The first-order valence-corrected chi connectivity index (χ1v) is 17.1. The molecule has 2 heterocycles. The molecule has 0 radical (unpaired) electrons. The maximum Gasteiger partial charge on any atom is 0.411 e. The predicted octanol–water partition coefficient (Wildman–Crippen LogP) is 4.64. The highest BCUT2D eigenvalue weighted by Gasteiger charge is 2.63. The lowest BCUT2D eigenvalue weighted by Gasteiger charge is -2.51. The minimum atomic E-state index is -3.06. The maximum absolute atomic E-state index is 13.9. The second-order valence-corrected chi connectivity index (χ2v) is 21.1. The molecule has 1 N–H and O–H groups in total. The summed E-state index contributed by atoms with van der Waals surface area (Å²) in [4.78, 5) is 41.2. The van der Waals surface area contributed by atoms with E-state index in [0.29, 0.717) is 0 Å². The van der Waals surface area contributed by atoms with Gasteiger partial charge in [-0.05, 0) is 42.9 Å². The summed E-state index contributed by atoms with van der Waals surface area (Å²) in [7, 11) is -4.42. The van der Waals surface area contributed by atoms with Gasteiger partial charge in [0.05, 0.1) is 19.1 Å². The topological polar surface area (TPSA) is 103 Å². The third kappa shape index (κ3) is 5.90. The molecule has 2 saturated heterocycles. The summed E-state index contributed by atoms with van der Waals surface area (Å²) in [5, 5.41) is 2.57. The van der Waals surface area contributed by atoms with Crippen LogP contribution in [-0.4, -0.2) is 77.2 Å². The number of likely N-dealkylation sites (tertiary alicyclic amines) is 1. The quantitative estimate of drug-likeness (QED) is 0.486. The van der Waals surface area contributed by atoms with Gasteiger partial charge in [0.2, 0.25) is 5.91 Å². The number of amides is 2. The highest BCUT2D eigenvalue weighted by atomic mass is 28.5. The number of hydrogen-bond acceptors (Lipinski definition) is 7. The van der Waals surface area contributed by atoms with E-state index in [-0.39, 0.29) is 46.9 Å². The lowest BCUT2D eigenvalue weighted by atomic mass is 10.1. The second kappa shape index (κ2) is 11.2. The number of carbonyl (C=O) groups is 3. The molecular formula is C25H48N2O7Si2. The fourth-order valence-corrected chi connectivity index (χ4v) is 16.6. The molecule has 0 saturated carbocycles. The van der Waals surface area contributed by atoms with E-state index in [0.717, 1.165) is 0 Å². The van der Waals surface area contributed by atoms with Crippen LogP contribution in [0.4, 0.5) is 4.79 Å². The van der Waals surface area contributed by atoms with E-state index in [4.69, 9.17) is 17.7 Å². The number of nitrogens with one attached hydrogen (secondary N) is 1. The van der Waals surface area contributed by atoms with Crippen LogP contribution in [0, 0.1) is 0 Å². The van der Waals surface area contributed by atoms with Crippen LogP contribution in [0.15, 0.2) is 0 Å². The molecule has 9 nitrogen and oxygen atoms in total. The van der Waals surface area contributed by atoms with Crippen molar-refractivity contribution in [1.29, 1.82) is 0 Å². The lowest BCUT2D eigenvalue weighted by Crippen LogP contribution is -2.66. The zero-order chi connectivity index (χ0) is 27.8. The van der Waals surface area contributed by atoms with Crippen molar-refractivity contribution < 1.29 is 32.1 Å². The van der Waals surface area contributed by atoms with Crippen molar-refractivity contribution >= 4 is 34.9 Å². The van der Waals surface area contributed by atoms with Gasteiger partial charge in [-0.1, -0.05) is 55.4 Å². The summed E-state index contributed by atoms with van der Waals surface area (Å²) in [5.74, 6) is -0.638. The number of rotatable bonds is 6. The fourth-order valence-electron chi connectivity index (χ4n) is 5.38. The van der Waals surface area contributed by atoms with E-state index in [1.807, 2.05) is 0 Å². The van der Waals surface area contributed by atoms with Crippen molar-refractivity contribution in [3.8, 4) is 0 Å². The second-order valence-electron chi connectivity index (χ2n) is 12.3. The molecule has 2 fully saturated rings. The van der Waals surface area contributed by atoms with Crippen LogP contribution < -0.4 is 5.32 Å². The zero-order valence-corrected chi connectivity index (χ0v) is 26.3. The summed E-state index contributed by atoms with van der Waals surface area (Å²) in [5.41, 5.74) is -0.466. The number of ether oxygens (including phenoxy) is 1. The molecule has 3 atom stereocenters. The Morgan fingerprint density at radius 1 is 1.00 bits per heavy atom. The van der Waals surface area contributed by atoms with Crippen LogP contribution in [0.2, 0.25) is 22.2 Å². The smallest absolute Gasteiger partial charge is 0.411 e. The standard InChI is InChI=1S/C25H48N2O7Si2/c1-15(2)35(16(3)4)31-14-20-23(33-36(34-35,17(5)6)18(7)8)22(29)19(13-21(28)26-12)27(20)24(30)32-25(9,10)11/h15-20,23H,13-14H2,1-12H3,(H,26,28)/t19-,20-,23-/m1/s1. The molecule has 0 spiro atoms. The van der Waals surface area contributed by atoms with E-state index in [1.165, 1.54) is 11.9 Å². The number of carbonyl (C=O) groups excluding carboxylic acids is 3. The van der Waals surface area contributed by atoms with Gasteiger partial charge in [0.1, 0.15) is 17.7 Å². The van der Waals surface area contributed by atoms with E-state index in [1.54, 1.807) is 20.8 Å². The van der Waals surface area contributed by atoms with Crippen molar-refractivity contribution in [2.24, 2.45) is 0 Å². The molecule has 0 aliphatic carbocycles.